The van der Waals surface area contributed by atoms with Gasteiger partial charge in [0.2, 0.25) is 5.88 Å². The topological polar surface area (TPSA) is 47.0 Å². The lowest BCUT2D eigenvalue weighted by molar-refractivity contribution is 0.233. The number of nitrogens with one attached hydrogen (secondary N) is 1. The van der Waals surface area contributed by atoms with Gasteiger partial charge in [0, 0.05) is 25.1 Å². The van der Waals surface area contributed by atoms with Crippen molar-refractivity contribution >= 4 is 0 Å². The van der Waals surface area contributed by atoms with Crippen molar-refractivity contribution in [2.45, 2.75) is 40.2 Å². The molecule has 4 nitrogen and oxygen atoms in total. The minimum absolute atomic E-state index is 0.297. The molecule has 0 aliphatic carbocycles. The van der Waals surface area contributed by atoms with Crippen LogP contribution in [0.15, 0.2) is 6.33 Å². The molecule has 1 N–H and O–H groups in total. The smallest absolute Gasteiger partial charge is 0.221 e. The zero-order valence-corrected chi connectivity index (χ0v) is 10.9. The molecular weight excluding hydrogens is 214 g/mol. The Morgan fingerprint density at radius 1 is 1.35 bits per heavy atom. The molecule has 0 bridgehead atoms. The second-order valence-corrected chi connectivity index (χ2v) is 5.69. The Morgan fingerprint density at radius 2 is 2.18 bits per heavy atom. The SMILES string of the molecule is CC(C)(C)CCOc1ncnc2c1CNCC2. The minimum atomic E-state index is 0.297. The summed E-state index contributed by atoms with van der Waals surface area (Å²) in [5, 5.41) is 3.33. The predicted molar refractivity (Wildman–Crippen MR) is 67.0 cm³/mol. The number of rotatable bonds is 3. The summed E-state index contributed by atoms with van der Waals surface area (Å²) < 4.78 is 5.79. The van der Waals surface area contributed by atoms with Gasteiger partial charge in [0.15, 0.2) is 0 Å². The van der Waals surface area contributed by atoms with Crippen molar-refractivity contribution in [1.82, 2.24) is 15.3 Å². The molecule has 17 heavy (non-hydrogen) atoms. The number of aromatic nitrogens is 2. The molecule has 0 fully saturated rings. The fourth-order valence-electron chi connectivity index (χ4n) is 1.82. The van der Waals surface area contributed by atoms with Gasteiger partial charge >= 0.3 is 0 Å². The quantitative estimate of drug-likeness (QED) is 0.869. The van der Waals surface area contributed by atoms with Crippen LogP contribution in [-0.2, 0) is 13.0 Å². The highest BCUT2D eigenvalue weighted by Crippen LogP contribution is 2.23. The van der Waals surface area contributed by atoms with Gasteiger partial charge in [-0.05, 0) is 11.8 Å². The number of hydrogen-bond acceptors (Lipinski definition) is 4. The standard InChI is InChI=1S/C13H21N3O/c1-13(2,3)5-7-17-12-10-8-14-6-4-11(10)15-9-16-12/h9,14H,4-8H2,1-3H3. The van der Waals surface area contributed by atoms with Gasteiger partial charge < -0.3 is 10.1 Å². The fourth-order valence-corrected chi connectivity index (χ4v) is 1.82. The van der Waals surface area contributed by atoms with Crippen LogP contribution in [0.4, 0.5) is 0 Å². The molecule has 0 saturated heterocycles. The molecule has 0 spiro atoms. The van der Waals surface area contributed by atoms with Crippen LogP contribution < -0.4 is 10.1 Å². The Kier molecular flexibility index (Phi) is 3.62. The lowest BCUT2D eigenvalue weighted by Crippen LogP contribution is -2.26. The molecule has 0 amide bonds. The van der Waals surface area contributed by atoms with Gasteiger partial charge in [-0.3, -0.25) is 0 Å². The predicted octanol–water partition coefficient (Wildman–Crippen LogP) is 1.94. The van der Waals surface area contributed by atoms with Gasteiger partial charge in [0.25, 0.3) is 0 Å². The molecule has 1 aliphatic rings. The van der Waals surface area contributed by atoms with E-state index < -0.39 is 0 Å². The van der Waals surface area contributed by atoms with Crippen molar-refractivity contribution in [3.63, 3.8) is 0 Å². The summed E-state index contributed by atoms with van der Waals surface area (Å²) in [6.45, 7) is 9.17. The van der Waals surface area contributed by atoms with Gasteiger partial charge in [0.1, 0.15) is 6.33 Å². The maximum atomic E-state index is 5.79. The first-order valence-corrected chi connectivity index (χ1v) is 6.22. The summed E-state index contributed by atoms with van der Waals surface area (Å²) in [6, 6.07) is 0. The second kappa shape index (κ2) is 5.00. The molecule has 2 rings (SSSR count). The molecule has 0 saturated carbocycles. The first kappa shape index (κ1) is 12.3. The zero-order chi connectivity index (χ0) is 12.3. The Hall–Kier alpha value is -1.16. The van der Waals surface area contributed by atoms with E-state index in [-0.39, 0.29) is 0 Å². The van der Waals surface area contributed by atoms with E-state index in [0.29, 0.717) is 12.0 Å². The average Bonchev–Trinajstić information content (AvgIpc) is 2.28. The molecule has 0 aromatic carbocycles. The highest BCUT2D eigenvalue weighted by Gasteiger charge is 2.17. The number of hydrogen-bond donors (Lipinski definition) is 1. The van der Waals surface area contributed by atoms with E-state index in [0.717, 1.165) is 43.1 Å². The number of ether oxygens (including phenoxy) is 1. The van der Waals surface area contributed by atoms with Gasteiger partial charge in [0.05, 0.1) is 12.3 Å². The van der Waals surface area contributed by atoms with Gasteiger partial charge in [-0.15, -0.1) is 0 Å². The molecule has 1 aromatic heterocycles. The van der Waals surface area contributed by atoms with Crippen molar-refractivity contribution < 1.29 is 4.74 Å². The summed E-state index contributed by atoms with van der Waals surface area (Å²) in [4.78, 5) is 8.54. The maximum absolute atomic E-state index is 5.79. The maximum Gasteiger partial charge on any atom is 0.221 e. The highest BCUT2D eigenvalue weighted by atomic mass is 16.5. The minimum Gasteiger partial charge on any atom is -0.477 e. The van der Waals surface area contributed by atoms with Crippen molar-refractivity contribution in [3.05, 3.63) is 17.6 Å². The molecule has 94 valence electrons. The molecule has 0 unspecified atom stereocenters. The lowest BCUT2D eigenvalue weighted by atomic mass is 9.93. The van der Waals surface area contributed by atoms with Crippen LogP contribution in [0.2, 0.25) is 0 Å². The number of nitrogens with zero attached hydrogens (tertiary/aromatic N) is 2. The third-order valence-electron chi connectivity index (χ3n) is 2.93. The molecule has 4 heteroatoms. The molecule has 2 heterocycles. The first-order chi connectivity index (χ1) is 8.06. The van der Waals surface area contributed by atoms with Crippen LogP contribution in [0.1, 0.15) is 38.4 Å². The molecule has 1 aliphatic heterocycles. The summed E-state index contributed by atoms with van der Waals surface area (Å²) in [5.74, 6) is 0.756. The Morgan fingerprint density at radius 3 is 2.94 bits per heavy atom. The van der Waals surface area contributed by atoms with Crippen LogP contribution in [0.3, 0.4) is 0 Å². The zero-order valence-electron chi connectivity index (χ0n) is 10.9. The van der Waals surface area contributed by atoms with Crippen LogP contribution in [0, 0.1) is 5.41 Å². The highest BCUT2D eigenvalue weighted by molar-refractivity contribution is 5.31. The summed E-state index contributed by atoms with van der Waals surface area (Å²) in [6.07, 6.45) is 3.60. The molecular formula is C13H21N3O. The van der Waals surface area contributed by atoms with Crippen molar-refractivity contribution in [3.8, 4) is 5.88 Å². The van der Waals surface area contributed by atoms with Crippen molar-refractivity contribution in [2.75, 3.05) is 13.2 Å². The monoisotopic (exact) mass is 235 g/mol. The molecule has 0 radical (unpaired) electrons. The van der Waals surface area contributed by atoms with Crippen LogP contribution in [-0.4, -0.2) is 23.1 Å². The van der Waals surface area contributed by atoms with Crippen molar-refractivity contribution in [2.24, 2.45) is 5.41 Å². The lowest BCUT2D eigenvalue weighted by Gasteiger charge is -2.21. The van der Waals surface area contributed by atoms with E-state index in [1.165, 1.54) is 0 Å². The largest absolute Gasteiger partial charge is 0.477 e. The van der Waals surface area contributed by atoms with E-state index in [9.17, 15) is 0 Å². The van der Waals surface area contributed by atoms with Gasteiger partial charge in [-0.1, -0.05) is 20.8 Å². The summed E-state index contributed by atoms with van der Waals surface area (Å²) >= 11 is 0. The van der Waals surface area contributed by atoms with Gasteiger partial charge in [-0.25, -0.2) is 9.97 Å². The van der Waals surface area contributed by atoms with Crippen LogP contribution in [0.5, 0.6) is 5.88 Å². The summed E-state index contributed by atoms with van der Waals surface area (Å²) in [7, 11) is 0. The van der Waals surface area contributed by atoms with E-state index in [1.54, 1.807) is 6.33 Å². The first-order valence-electron chi connectivity index (χ1n) is 6.22. The van der Waals surface area contributed by atoms with E-state index in [1.807, 2.05) is 0 Å². The van der Waals surface area contributed by atoms with Crippen LogP contribution >= 0.6 is 0 Å². The average molecular weight is 235 g/mol. The Balaban J connectivity index is 2.01. The Bertz CT molecular complexity index is 385. The Labute approximate surface area is 103 Å². The second-order valence-electron chi connectivity index (χ2n) is 5.69. The third kappa shape index (κ3) is 3.40. The molecule has 1 aromatic rings. The summed E-state index contributed by atoms with van der Waals surface area (Å²) in [5.41, 5.74) is 2.56. The van der Waals surface area contributed by atoms with E-state index >= 15 is 0 Å². The normalized spacial score (nSPS) is 15.5. The third-order valence-corrected chi connectivity index (χ3v) is 2.93. The van der Waals surface area contributed by atoms with Gasteiger partial charge in [-0.2, -0.15) is 0 Å². The van der Waals surface area contributed by atoms with Crippen molar-refractivity contribution in [1.29, 1.82) is 0 Å². The van der Waals surface area contributed by atoms with E-state index in [2.05, 4.69) is 36.1 Å². The van der Waals surface area contributed by atoms with Crippen LogP contribution in [0.25, 0.3) is 0 Å². The van der Waals surface area contributed by atoms with E-state index in [4.69, 9.17) is 4.74 Å². The fraction of sp³-hybridized carbons (Fsp3) is 0.692. The number of fused-ring (bicyclic) bond motifs is 1. The molecule has 0 atom stereocenters.